The zero-order valence-corrected chi connectivity index (χ0v) is 27.9. The Labute approximate surface area is 257 Å². The summed E-state index contributed by atoms with van der Waals surface area (Å²) in [5.41, 5.74) is 3.28. The van der Waals surface area contributed by atoms with Crippen molar-refractivity contribution in [2.24, 2.45) is 0 Å². The zero-order valence-electron chi connectivity index (χ0n) is 22.6. The van der Waals surface area contributed by atoms with Crippen LogP contribution in [0.5, 0.6) is 0 Å². The van der Waals surface area contributed by atoms with Crippen molar-refractivity contribution in [3.63, 3.8) is 0 Å². The maximum absolute atomic E-state index is 13.3. The fourth-order valence-electron chi connectivity index (χ4n) is 4.34. The molecule has 0 bridgehead atoms. The highest BCUT2D eigenvalue weighted by Crippen LogP contribution is 2.40. The maximum atomic E-state index is 13.3. The van der Waals surface area contributed by atoms with Gasteiger partial charge in [-0.3, -0.25) is 0 Å². The van der Waals surface area contributed by atoms with Crippen molar-refractivity contribution < 1.29 is 18.1 Å². The summed E-state index contributed by atoms with van der Waals surface area (Å²) >= 11 is 8.27. The first-order valence-corrected chi connectivity index (χ1v) is 15.9. The minimum Gasteiger partial charge on any atom is -0.400 e. The van der Waals surface area contributed by atoms with Crippen molar-refractivity contribution in [3.05, 3.63) is 83.7 Å². The standard InChI is InChI=1S/C12H21BO2.C12H12BrF.C6H3BrFI/c1-11(2)12(3,4)15-13(14-11)10-8-6-5-7-9-10;13-11-7-6-10(8-12(11)14)9-4-2-1-3-5-9;7-5-2-1-4(9)3-6(5)8/h8H,5-7,9H2,1-4H3;4,6-8H,1-3,5H2;1-3H. The number of hydrogen-bond acceptors (Lipinski definition) is 2. The van der Waals surface area contributed by atoms with Gasteiger partial charge in [-0.25, -0.2) is 8.78 Å². The first-order valence-electron chi connectivity index (χ1n) is 13.2. The number of halogens is 5. The van der Waals surface area contributed by atoms with Crippen LogP contribution >= 0.6 is 54.5 Å². The SMILES string of the molecule is CC1(C)OB(C2=CCCCC2)OC1(C)C.Fc1cc(C2=CCCCC2)ccc1Br.Fc1cc(I)ccc1Br. The second kappa shape index (κ2) is 14.4. The maximum Gasteiger partial charge on any atom is 0.490 e. The third-order valence-corrected chi connectivity index (χ3v) is 9.30. The van der Waals surface area contributed by atoms with E-state index in [1.54, 1.807) is 18.2 Å². The van der Waals surface area contributed by atoms with Gasteiger partial charge in [0.05, 0.1) is 20.1 Å². The molecule has 2 aromatic carbocycles. The smallest absolute Gasteiger partial charge is 0.400 e. The molecular weight excluding hydrogens is 728 g/mol. The molecule has 38 heavy (non-hydrogen) atoms. The summed E-state index contributed by atoms with van der Waals surface area (Å²) in [5.74, 6) is -0.379. The number of rotatable bonds is 2. The Hall–Kier alpha value is -0.545. The number of hydrogen-bond donors (Lipinski definition) is 0. The molecule has 0 aromatic heterocycles. The summed E-state index contributed by atoms with van der Waals surface area (Å²) in [7, 11) is -0.102. The molecule has 0 spiro atoms. The van der Waals surface area contributed by atoms with Crippen LogP contribution in [0, 0.1) is 15.2 Å². The molecule has 1 saturated heterocycles. The summed E-state index contributed by atoms with van der Waals surface area (Å²) in [5, 5.41) is 0. The molecule has 0 N–H and O–H groups in total. The zero-order chi connectivity index (χ0) is 27.9. The van der Waals surface area contributed by atoms with E-state index in [1.165, 1.54) is 49.2 Å². The van der Waals surface area contributed by atoms with Crippen LogP contribution in [0.4, 0.5) is 8.78 Å². The van der Waals surface area contributed by atoms with Crippen LogP contribution in [0.1, 0.15) is 84.6 Å². The van der Waals surface area contributed by atoms with Gasteiger partial charge in [0, 0.05) is 3.57 Å². The van der Waals surface area contributed by atoms with E-state index in [4.69, 9.17) is 9.31 Å². The summed E-state index contributed by atoms with van der Waals surface area (Å²) in [4.78, 5) is 0. The Bertz CT molecular complexity index is 1150. The van der Waals surface area contributed by atoms with E-state index in [0.717, 1.165) is 28.4 Å². The molecule has 1 aliphatic heterocycles. The Kier molecular flexibility index (Phi) is 12.1. The quantitative estimate of drug-likeness (QED) is 0.172. The topological polar surface area (TPSA) is 18.5 Å². The summed E-state index contributed by atoms with van der Waals surface area (Å²) in [6, 6.07) is 10.4. The highest BCUT2D eigenvalue weighted by atomic mass is 127. The van der Waals surface area contributed by atoms with E-state index in [-0.39, 0.29) is 30.0 Å². The van der Waals surface area contributed by atoms with E-state index < -0.39 is 0 Å². The van der Waals surface area contributed by atoms with Gasteiger partial charge in [0.25, 0.3) is 0 Å². The van der Waals surface area contributed by atoms with E-state index in [1.807, 2.05) is 12.1 Å². The average molecular weight is 764 g/mol. The fourth-order valence-corrected chi connectivity index (χ4v) is 5.28. The van der Waals surface area contributed by atoms with Crippen LogP contribution < -0.4 is 0 Å². The molecule has 206 valence electrons. The predicted molar refractivity (Wildman–Crippen MR) is 170 cm³/mol. The lowest BCUT2D eigenvalue weighted by Gasteiger charge is -2.32. The predicted octanol–water partition coefficient (Wildman–Crippen LogP) is 10.9. The summed E-state index contributed by atoms with van der Waals surface area (Å²) in [6.45, 7) is 8.43. The number of benzene rings is 2. The lowest BCUT2D eigenvalue weighted by Crippen LogP contribution is -2.41. The van der Waals surface area contributed by atoms with Gasteiger partial charge in [-0.15, -0.1) is 0 Å². The molecule has 3 aliphatic rings. The van der Waals surface area contributed by atoms with Crippen LogP contribution in [0.15, 0.2) is 63.0 Å². The van der Waals surface area contributed by atoms with Crippen LogP contribution in [0.25, 0.3) is 5.57 Å². The second-order valence-electron chi connectivity index (χ2n) is 10.8. The van der Waals surface area contributed by atoms with Gasteiger partial charge in [0.2, 0.25) is 0 Å². The fraction of sp³-hybridized carbons (Fsp3) is 0.467. The van der Waals surface area contributed by atoms with Crippen molar-refractivity contribution in [2.45, 2.75) is 90.3 Å². The monoisotopic (exact) mass is 762 g/mol. The van der Waals surface area contributed by atoms with Gasteiger partial charge >= 0.3 is 7.12 Å². The molecule has 8 heteroatoms. The second-order valence-corrected chi connectivity index (χ2v) is 13.7. The molecule has 0 atom stereocenters. The van der Waals surface area contributed by atoms with Gasteiger partial charge in [0.1, 0.15) is 11.6 Å². The molecule has 0 saturated carbocycles. The third-order valence-electron chi connectivity index (χ3n) is 7.35. The molecule has 2 aliphatic carbocycles. The highest BCUT2D eigenvalue weighted by Gasteiger charge is 2.52. The first kappa shape index (κ1) is 32.0. The number of allylic oxidation sites excluding steroid dienone is 4. The third kappa shape index (κ3) is 8.98. The highest BCUT2D eigenvalue weighted by molar-refractivity contribution is 14.1. The molecule has 1 heterocycles. The van der Waals surface area contributed by atoms with Gasteiger partial charge in [0.15, 0.2) is 0 Å². The first-order chi connectivity index (χ1) is 17.9. The molecule has 5 rings (SSSR count). The van der Waals surface area contributed by atoms with Crippen molar-refractivity contribution in [2.75, 3.05) is 0 Å². The molecule has 1 fully saturated rings. The average Bonchev–Trinajstić information content (AvgIpc) is 3.12. The van der Waals surface area contributed by atoms with Crippen LogP contribution in [-0.2, 0) is 9.31 Å². The lowest BCUT2D eigenvalue weighted by atomic mass is 9.73. The van der Waals surface area contributed by atoms with E-state index in [2.05, 4.69) is 94.3 Å². The molecule has 0 amide bonds. The van der Waals surface area contributed by atoms with E-state index in [0.29, 0.717) is 8.95 Å². The minimum atomic E-state index is -0.207. The van der Waals surface area contributed by atoms with Gasteiger partial charge in [-0.05, 0) is 180 Å². The Morgan fingerprint density at radius 3 is 1.79 bits per heavy atom. The largest absolute Gasteiger partial charge is 0.490 e. The van der Waals surface area contributed by atoms with E-state index in [9.17, 15) is 8.78 Å². The molecule has 2 nitrogen and oxygen atoms in total. The normalized spacial score (nSPS) is 19.9. The van der Waals surface area contributed by atoms with E-state index >= 15 is 0 Å². The van der Waals surface area contributed by atoms with Gasteiger partial charge < -0.3 is 9.31 Å². The summed E-state index contributed by atoms with van der Waals surface area (Å²) in [6.07, 6.45) is 14.1. The van der Waals surface area contributed by atoms with Crippen molar-refractivity contribution in [3.8, 4) is 0 Å². The van der Waals surface area contributed by atoms with Crippen LogP contribution in [0.2, 0.25) is 0 Å². The Morgan fingerprint density at radius 1 is 0.763 bits per heavy atom. The van der Waals surface area contributed by atoms with Crippen LogP contribution in [-0.4, -0.2) is 18.3 Å². The molecular formula is C30H36BBr2F2IO2. The summed E-state index contributed by atoms with van der Waals surface area (Å²) < 4.78 is 39.8. The molecule has 0 radical (unpaired) electrons. The van der Waals surface area contributed by atoms with Crippen molar-refractivity contribution in [1.29, 1.82) is 0 Å². The Balaban J connectivity index is 0.000000163. The van der Waals surface area contributed by atoms with Crippen molar-refractivity contribution in [1.82, 2.24) is 0 Å². The minimum absolute atomic E-state index is 0.102. The van der Waals surface area contributed by atoms with Crippen LogP contribution in [0.3, 0.4) is 0 Å². The molecule has 2 aromatic rings. The van der Waals surface area contributed by atoms with Gasteiger partial charge in [-0.2, -0.15) is 0 Å². The lowest BCUT2D eigenvalue weighted by molar-refractivity contribution is 0.00578. The Morgan fingerprint density at radius 2 is 1.32 bits per heavy atom. The van der Waals surface area contributed by atoms with Crippen molar-refractivity contribution >= 4 is 67.1 Å². The van der Waals surface area contributed by atoms with Gasteiger partial charge in [-0.1, -0.05) is 18.2 Å². The molecule has 0 unspecified atom stereocenters.